The Morgan fingerprint density at radius 1 is 0.969 bits per heavy atom. The van der Waals surface area contributed by atoms with Gasteiger partial charge >= 0.3 is 0 Å². The van der Waals surface area contributed by atoms with Crippen LogP contribution in [0, 0.1) is 0 Å². The fourth-order valence-electron chi connectivity index (χ4n) is 2.85. The number of aromatic nitrogens is 2. The topological polar surface area (TPSA) is 106 Å². The molecular weight excluding hydrogens is 428 g/mol. The highest BCUT2D eigenvalue weighted by atomic mass is 35.5. The Kier molecular flexibility index (Phi) is 10.4. The molecule has 0 spiro atoms. The molecule has 1 aromatic heterocycles. The van der Waals surface area contributed by atoms with Gasteiger partial charge in [0.2, 0.25) is 11.7 Å². The third kappa shape index (κ3) is 7.50. The van der Waals surface area contributed by atoms with Crippen LogP contribution in [0.1, 0.15) is 36.5 Å². The highest BCUT2D eigenvalue weighted by molar-refractivity contribution is 6.17. The van der Waals surface area contributed by atoms with Gasteiger partial charge in [-0.3, -0.25) is 0 Å². The minimum Gasteiger partial charge on any atom is -0.493 e. The molecule has 172 valence electrons. The summed E-state index contributed by atoms with van der Waals surface area (Å²) in [4.78, 5) is 7.97. The zero-order chi connectivity index (χ0) is 23.3. The first-order valence-corrected chi connectivity index (χ1v) is 10.9. The highest BCUT2D eigenvalue weighted by Crippen LogP contribution is 2.39. The molecule has 0 aliphatic rings. The van der Waals surface area contributed by atoms with E-state index in [0.29, 0.717) is 42.0 Å². The summed E-state index contributed by atoms with van der Waals surface area (Å²) in [6, 6.07) is 13.8. The molecule has 0 unspecified atom stereocenters. The molecule has 0 fully saturated rings. The highest BCUT2D eigenvalue weighted by Gasteiger charge is 2.15. The predicted octanol–water partition coefficient (Wildman–Crippen LogP) is 4.85. The standard InChI is InChI=1S/C17H24N4O3.C7H7Cl/c1-4-5-6-24-15-13(22-2)8-11(9-14(15)23-3)7-12-10-20-17(19)21-16(12)18;8-6-7-4-2-1-3-5-7/h8-10H,4-7H2,1-3H3,(H4,18,19,20,21);1-5H,6H2. The molecule has 0 aliphatic heterocycles. The zero-order valence-electron chi connectivity index (χ0n) is 18.8. The molecule has 3 rings (SSSR count). The first-order valence-electron chi connectivity index (χ1n) is 10.4. The summed E-state index contributed by atoms with van der Waals surface area (Å²) in [6.45, 7) is 2.72. The molecular formula is C24H31ClN4O3. The fourth-order valence-corrected chi connectivity index (χ4v) is 3.03. The van der Waals surface area contributed by atoms with Gasteiger partial charge in [-0.1, -0.05) is 43.7 Å². The van der Waals surface area contributed by atoms with Crippen LogP contribution in [0.15, 0.2) is 48.7 Å². The molecule has 8 heteroatoms. The zero-order valence-corrected chi connectivity index (χ0v) is 19.6. The van der Waals surface area contributed by atoms with Gasteiger partial charge in [0, 0.05) is 24.1 Å². The van der Waals surface area contributed by atoms with Gasteiger partial charge in [0.05, 0.1) is 20.8 Å². The SMILES string of the molecule is CCCCOc1c(OC)cc(Cc2cnc(N)nc2N)cc1OC.ClCc1ccccc1. The fraction of sp³-hybridized carbons (Fsp3) is 0.333. The molecule has 0 atom stereocenters. The average molecular weight is 459 g/mol. The second kappa shape index (κ2) is 13.3. The Hall–Kier alpha value is -3.19. The van der Waals surface area contributed by atoms with Crippen molar-refractivity contribution in [2.75, 3.05) is 32.3 Å². The van der Waals surface area contributed by atoms with Gasteiger partial charge in [-0.2, -0.15) is 4.98 Å². The number of nitrogen functional groups attached to an aromatic ring is 2. The van der Waals surface area contributed by atoms with Crippen LogP contribution in [0.2, 0.25) is 0 Å². The van der Waals surface area contributed by atoms with Crippen LogP contribution < -0.4 is 25.7 Å². The lowest BCUT2D eigenvalue weighted by atomic mass is 10.1. The molecule has 32 heavy (non-hydrogen) atoms. The van der Waals surface area contributed by atoms with Crippen molar-refractivity contribution in [3.05, 3.63) is 65.4 Å². The molecule has 0 radical (unpaired) electrons. The Bertz CT molecular complexity index is 946. The van der Waals surface area contributed by atoms with Crippen LogP contribution in [0.3, 0.4) is 0 Å². The molecule has 0 amide bonds. The van der Waals surface area contributed by atoms with Crippen molar-refractivity contribution in [2.45, 2.75) is 32.1 Å². The number of benzene rings is 2. The summed E-state index contributed by atoms with van der Waals surface area (Å²) < 4.78 is 16.7. The number of halogens is 1. The van der Waals surface area contributed by atoms with Crippen molar-refractivity contribution in [1.29, 1.82) is 0 Å². The number of anilines is 2. The van der Waals surface area contributed by atoms with Crippen LogP contribution in [-0.2, 0) is 12.3 Å². The number of ether oxygens (including phenoxy) is 3. The molecule has 2 aromatic carbocycles. The summed E-state index contributed by atoms with van der Waals surface area (Å²) in [5.41, 5.74) is 14.3. The Morgan fingerprint density at radius 3 is 2.12 bits per heavy atom. The number of unbranched alkanes of at least 4 members (excludes halogenated alkanes) is 1. The van der Waals surface area contributed by atoms with Crippen molar-refractivity contribution >= 4 is 23.4 Å². The van der Waals surface area contributed by atoms with Crippen LogP contribution in [0.4, 0.5) is 11.8 Å². The van der Waals surface area contributed by atoms with E-state index in [1.54, 1.807) is 20.4 Å². The van der Waals surface area contributed by atoms with Gasteiger partial charge in [-0.25, -0.2) is 4.98 Å². The van der Waals surface area contributed by atoms with Crippen molar-refractivity contribution in [3.63, 3.8) is 0 Å². The van der Waals surface area contributed by atoms with E-state index in [1.807, 2.05) is 42.5 Å². The Balaban J connectivity index is 0.000000380. The molecule has 4 N–H and O–H groups in total. The van der Waals surface area contributed by atoms with Crippen molar-refractivity contribution in [1.82, 2.24) is 9.97 Å². The van der Waals surface area contributed by atoms with Gasteiger partial charge in [-0.05, 0) is 29.7 Å². The first kappa shape index (κ1) is 25.1. The summed E-state index contributed by atoms with van der Waals surface area (Å²) in [5.74, 6) is 2.99. The lowest BCUT2D eigenvalue weighted by Gasteiger charge is -2.16. The van der Waals surface area contributed by atoms with E-state index in [-0.39, 0.29) is 5.95 Å². The number of nitrogens with zero attached hydrogens (tertiary/aromatic N) is 2. The van der Waals surface area contributed by atoms with Crippen LogP contribution in [0.5, 0.6) is 17.2 Å². The summed E-state index contributed by atoms with van der Waals surface area (Å²) in [5, 5.41) is 0. The van der Waals surface area contributed by atoms with E-state index in [9.17, 15) is 0 Å². The van der Waals surface area contributed by atoms with E-state index < -0.39 is 0 Å². The monoisotopic (exact) mass is 458 g/mol. The van der Waals surface area contributed by atoms with E-state index in [1.165, 1.54) is 5.56 Å². The minimum atomic E-state index is 0.158. The summed E-state index contributed by atoms with van der Waals surface area (Å²) >= 11 is 5.53. The average Bonchev–Trinajstić information content (AvgIpc) is 2.82. The molecule has 1 heterocycles. The summed E-state index contributed by atoms with van der Waals surface area (Å²) in [6.07, 6.45) is 4.18. The number of nitrogens with two attached hydrogens (primary N) is 2. The maximum atomic E-state index is 5.90. The molecule has 0 aliphatic carbocycles. The van der Waals surface area contributed by atoms with E-state index >= 15 is 0 Å². The maximum Gasteiger partial charge on any atom is 0.221 e. The third-order valence-corrected chi connectivity index (χ3v) is 4.88. The number of hydrogen-bond donors (Lipinski definition) is 2. The quantitative estimate of drug-likeness (QED) is 0.348. The maximum absolute atomic E-state index is 5.90. The van der Waals surface area contributed by atoms with Crippen molar-refractivity contribution < 1.29 is 14.2 Å². The van der Waals surface area contributed by atoms with Crippen molar-refractivity contribution in [2.24, 2.45) is 0 Å². The summed E-state index contributed by atoms with van der Waals surface area (Å²) in [7, 11) is 3.21. The van der Waals surface area contributed by atoms with Crippen LogP contribution in [0.25, 0.3) is 0 Å². The smallest absolute Gasteiger partial charge is 0.221 e. The number of hydrogen-bond acceptors (Lipinski definition) is 7. The van der Waals surface area contributed by atoms with Crippen molar-refractivity contribution in [3.8, 4) is 17.2 Å². The second-order valence-electron chi connectivity index (χ2n) is 6.97. The third-order valence-electron chi connectivity index (χ3n) is 4.57. The second-order valence-corrected chi connectivity index (χ2v) is 7.23. The first-order chi connectivity index (χ1) is 15.5. The molecule has 7 nitrogen and oxygen atoms in total. The number of alkyl halides is 1. The number of methoxy groups -OCH3 is 2. The molecule has 0 saturated heterocycles. The van der Waals surface area contributed by atoms with Gasteiger partial charge in [-0.15, -0.1) is 11.6 Å². The molecule has 0 saturated carbocycles. The normalized spacial score (nSPS) is 10.1. The Morgan fingerprint density at radius 2 is 1.62 bits per heavy atom. The molecule has 3 aromatic rings. The van der Waals surface area contributed by atoms with Crippen LogP contribution >= 0.6 is 11.6 Å². The predicted molar refractivity (Wildman–Crippen MR) is 130 cm³/mol. The lowest BCUT2D eigenvalue weighted by molar-refractivity contribution is 0.269. The number of rotatable bonds is 9. The minimum absolute atomic E-state index is 0.158. The van der Waals surface area contributed by atoms with Gasteiger partial charge in [0.15, 0.2) is 11.5 Å². The van der Waals surface area contributed by atoms with Gasteiger partial charge in [0.1, 0.15) is 5.82 Å². The van der Waals surface area contributed by atoms with Gasteiger partial charge < -0.3 is 25.7 Å². The van der Waals surface area contributed by atoms with Crippen LogP contribution in [-0.4, -0.2) is 30.8 Å². The van der Waals surface area contributed by atoms with E-state index in [4.69, 9.17) is 37.3 Å². The van der Waals surface area contributed by atoms with E-state index in [0.717, 1.165) is 24.0 Å². The van der Waals surface area contributed by atoms with Gasteiger partial charge in [0.25, 0.3) is 0 Å². The van der Waals surface area contributed by atoms with E-state index in [2.05, 4.69) is 16.9 Å². The Labute approximate surface area is 194 Å². The molecule has 0 bridgehead atoms. The largest absolute Gasteiger partial charge is 0.493 e. The lowest BCUT2D eigenvalue weighted by Crippen LogP contribution is -2.05.